The number of thioether (sulfide) groups is 1. The molecule has 0 radical (unpaired) electrons. The smallest absolute Gasteiger partial charge is 0.233 e. The summed E-state index contributed by atoms with van der Waals surface area (Å²) >= 11 is 1.57. The fraction of sp³-hybridized carbons (Fsp3) is 0.850. The Hall–Kier alpha value is -1.24. The molecule has 0 bridgehead atoms. The van der Waals surface area contributed by atoms with E-state index < -0.39 is 0 Å². The molecule has 2 aliphatic carbocycles. The highest BCUT2D eigenvalue weighted by Gasteiger charge is 2.34. The van der Waals surface area contributed by atoms with Crippen LogP contribution in [0.3, 0.4) is 0 Å². The Morgan fingerprint density at radius 3 is 2.56 bits per heavy atom. The molecular formula is C20H33N5OS. The summed E-state index contributed by atoms with van der Waals surface area (Å²) in [5.74, 6) is 2.39. The van der Waals surface area contributed by atoms with Crippen molar-refractivity contribution in [2.24, 2.45) is 11.8 Å². The van der Waals surface area contributed by atoms with Gasteiger partial charge in [-0.2, -0.15) is 0 Å². The molecule has 1 amide bonds. The van der Waals surface area contributed by atoms with E-state index in [0.717, 1.165) is 30.6 Å². The van der Waals surface area contributed by atoms with E-state index in [1.807, 2.05) is 6.92 Å². The zero-order valence-corrected chi connectivity index (χ0v) is 17.7. The molecule has 7 heteroatoms. The molecule has 0 aromatic carbocycles. The van der Waals surface area contributed by atoms with Crippen LogP contribution in [0.2, 0.25) is 0 Å². The average Bonchev–Trinajstić information content (AvgIpc) is 3.17. The quantitative estimate of drug-likeness (QED) is 0.750. The third-order valence-corrected chi connectivity index (χ3v) is 7.69. The minimum Gasteiger partial charge on any atom is -0.352 e. The van der Waals surface area contributed by atoms with Gasteiger partial charge in [0.25, 0.3) is 0 Å². The maximum absolute atomic E-state index is 12.8. The summed E-state index contributed by atoms with van der Waals surface area (Å²) < 4.78 is 2.30. The SMILES string of the molecule is CC(Sc1nnc(N2CCCC2)n1C1CC1)C(=O)NC1CCCC(C)C1C. The minimum atomic E-state index is -0.150. The summed E-state index contributed by atoms with van der Waals surface area (Å²) in [6.45, 7) is 8.72. The second kappa shape index (κ2) is 8.02. The number of nitrogens with one attached hydrogen (secondary N) is 1. The Morgan fingerprint density at radius 1 is 1.11 bits per heavy atom. The summed E-state index contributed by atoms with van der Waals surface area (Å²) in [4.78, 5) is 15.2. The number of aromatic nitrogens is 3. The van der Waals surface area contributed by atoms with Gasteiger partial charge in [0.05, 0.1) is 5.25 Å². The maximum Gasteiger partial charge on any atom is 0.233 e. The van der Waals surface area contributed by atoms with Crippen LogP contribution in [0, 0.1) is 11.8 Å². The van der Waals surface area contributed by atoms with Crippen molar-refractivity contribution in [2.75, 3.05) is 18.0 Å². The number of carbonyl (C=O) groups excluding carboxylic acids is 1. The average molecular weight is 392 g/mol. The third-order valence-electron chi connectivity index (χ3n) is 6.63. The molecule has 6 nitrogen and oxygen atoms in total. The molecule has 3 aliphatic rings. The highest BCUT2D eigenvalue weighted by Crippen LogP contribution is 2.42. The van der Waals surface area contributed by atoms with Crippen LogP contribution in [0.5, 0.6) is 0 Å². The number of carbonyl (C=O) groups is 1. The van der Waals surface area contributed by atoms with Gasteiger partial charge < -0.3 is 10.2 Å². The number of hydrogen-bond donors (Lipinski definition) is 1. The first kappa shape index (κ1) is 19.1. The van der Waals surface area contributed by atoms with Gasteiger partial charge in [0.1, 0.15) is 0 Å². The predicted molar refractivity (Wildman–Crippen MR) is 109 cm³/mol. The van der Waals surface area contributed by atoms with Crippen LogP contribution in [-0.2, 0) is 4.79 Å². The first-order valence-electron chi connectivity index (χ1n) is 10.7. The van der Waals surface area contributed by atoms with Gasteiger partial charge in [-0.05, 0) is 50.9 Å². The monoisotopic (exact) mass is 391 g/mol. The predicted octanol–water partition coefficient (Wildman–Crippen LogP) is 3.63. The number of anilines is 1. The Kier molecular flexibility index (Phi) is 5.67. The molecule has 2 heterocycles. The standard InChI is InChI=1S/C20H33N5OS/c1-13-7-6-8-17(14(13)2)21-18(26)15(3)27-20-23-22-19(24-11-4-5-12-24)25(20)16-9-10-16/h13-17H,4-12H2,1-3H3,(H,21,26). The van der Waals surface area contributed by atoms with Gasteiger partial charge in [-0.3, -0.25) is 9.36 Å². The lowest BCUT2D eigenvalue weighted by Crippen LogP contribution is -2.46. The van der Waals surface area contributed by atoms with E-state index in [4.69, 9.17) is 0 Å². The van der Waals surface area contributed by atoms with Gasteiger partial charge in [0.2, 0.25) is 11.9 Å². The van der Waals surface area contributed by atoms with E-state index >= 15 is 0 Å². The summed E-state index contributed by atoms with van der Waals surface area (Å²) in [5, 5.41) is 13.0. The van der Waals surface area contributed by atoms with Crippen LogP contribution in [0.1, 0.15) is 71.8 Å². The fourth-order valence-corrected chi connectivity index (χ4v) is 5.36. The van der Waals surface area contributed by atoms with Crippen LogP contribution in [-0.4, -0.2) is 45.1 Å². The van der Waals surface area contributed by atoms with E-state index in [2.05, 4.69) is 38.8 Å². The molecule has 27 heavy (non-hydrogen) atoms. The molecular weight excluding hydrogens is 358 g/mol. The maximum atomic E-state index is 12.8. The Morgan fingerprint density at radius 2 is 1.85 bits per heavy atom. The lowest BCUT2D eigenvalue weighted by molar-refractivity contribution is -0.121. The molecule has 1 aromatic rings. The number of rotatable bonds is 6. The molecule has 150 valence electrons. The van der Waals surface area contributed by atoms with E-state index in [1.54, 1.807) is 11.8 Å². The van der Waals surface area contributed by atoms with Crippen LogP contribution in [0.25, 0.3) is 0 Å². The molecule has 4 atom stereocenters. The van der Waals surface area contributed by atoms with Gasteiger partial charge in [-0.25, -0.2) is 0 Å². The zero-order chi connectivity index (χ0) is 19.0. The second-order valence-electron chi connectivity index (χ2n) is 8.72. The van der Waals surface area contributed by atoms with Crippen molar-refractivity contribution >= 4 is 23.6 Å². The molecule has 4 rings (SSSR count). The Balaban J connectivity index is 1.41. The summed E-state index contributed by atoms with van der Waals surface area (Å²) in [6, 6.07) is 0.832. The van der Waals surface area contributed by atoms with Crippen molar-refractivity contribution in [2.45, 2.75) is 88.2 Å². The van der Waals surface area contributed by atoms with E-state index in [9.17, 15) is 4.79 Å². The second-order valence-corrected chi connectivity index (χ2v) is 10.0. The van der Waals surface area contributed by atoms with Crippen LogP contribution < -0.4 is 10.2 Å². The number of hydrogen-bond acceptors (Lipinski definition) is 5. The van der Waals surface area contributed by atoms with Crippen LogP contribution in [0.4, 0.5) is 5.95 Å². The molecule has 0 spiro atoms. The van der Waals surface area contributed by atoms with E-state index in [-0.39, 0.29) is 11.2 Å². The minimum absolute atomic E-state index is 0.138. The molecule has 1 aromatic heterocycles. The fourth-order valence-electron chi connectivity index (χ4n) is 4.43. The molecule has 1 N–H and O–H groups in total. The summed E-state index contributed by atoms with van der Waals surface area (Å²) in [6.07, 6.45) is 8.46. The topological polar surface area (TPSA) is 63.1 Å². The van der Waals surface area contributed by atoms with E-state index in [0.29, 0.717) is 23.9 Å². The van der Waals surface area contributed by atoms with Crippen molar-refractivity contribution in [3.8, 4) is 0 Å². The number of nitrogens with zero attached hydrogens (tertiary/aromatic N) is 4. The van der Waals surface area contributed by atoms with Gasteiger partial charge in [0, 0.05) is 25.2 Å². The molecule has 3 fully saturated rings. The molecule has 1 aliphatic heterocycles. The van der Waals surface area contributed by atoms with Gasteiger partial charge >= 0.3 is 0 Å². The van der Waals surface area contributed by atoms with Crippen molar-refractivity contribution in [1.29, 1.82) is 0 Å². The van der Waals surface area contributed by atoms with Crippen molar-refractivity contribution in [3.05, 3.63) is 0 Å². The lowest BCUT2D eigenvalue weighted by Gasteiger charge is -2.35. The van der Waals surface area contributed by atoms with Crippen molar-refractivity contribution in [1.82, 2.24) is 20.1 Å². The van der Waals surface area contributed by atoms with Crippen molar-refractivity contribution < 1.29 is 4.79 Å². The van der Waals surface area contributed by atoms with Crippen molar-refractivity contribution in [3.63, 3.8) is 0 Å². The zero-order valence-electron chi connectivity index (χ0n) is 16.9. The largest absolute Gasteiger partial charge is 0.352 e. The van der Waals surface area contributed by atoms with Gasteiger partial charge in [-0.15, -0.1) is 10.2 Å². The molecule has 2 saturated carbocycles. The highest BCUT2D eigenvalue weighted by molar-refractivity contribution is 8.00. The first-order chi connectivity index (χ1) is 13.0. The Labute approximate surface area is 166 Å². The highest BCUT2D eigenvalue weighted by atomic mass is 32.2. The van der Waals surface area contributed by atoms with E-state index in [1.165, 1.54) is 38.5 Å². The molecule has 4 unspecified atom stereocenters. The Bertz CT molecular complexity index is 667. The number of amides is 1. The van der Waals surface area contributed by atoms with Crippen LogP contribution >= 0.6 is 11.8 Å². The normalized spacial score (nSPS) is 29.7. The lowest BCUT2D eigenvalue weighted by atomic mass is 9.78. The van der Waals surface area contributed by atoms with Gasteiger partial charge in [0.15, 0.2) is 5.16 Å². The first-order valence-corrected chi connectivity index (χ1v) is 11.6. The summed E-state index contributed by atoms with van der Waals surface area (Å²) in [5.41, 5.74) is 0. The summed E-state index contributed by atoms with van der Waals surface area (Å²) in [7, 11) is 0. The van der Waals surface area contributed by atoms with Crippen LogP contribution in [0.15, 0.2) is 5.16 Å². The molecule has 1 saturated heterocycles. The van der Waals surface area contributed by atoms with Gasteiger partial charge in [-0.1, -0.05) is 38.5 Å². The third kappa shape index (κ3) is 4.13.